The fourth-order valence-electron chi connectivity index (χ4n) is 4.65. The van der Waals surface area contributed by atoms with Gasteiger partial charge in [0, 0.05) is 41.0 Å². The van der Waals surface area contributed by atoms with E-state index in [1.807, 2.05) is 23.5 Å². The van der Waals surface area contributed by atoms with Crippen molar-refractivity contribution >= 4 is 22.9 Å². The zero-order valence-electron chi connectivity index (χ0n) is 23.6. The number of rotatable bonds is 17. The van der Waals surface area contributed by atoms with E-state index in [4.69, 9.17) is 30.5 Å². The van der Waals surface area contributed by atoms with Gasteiger partial charge in [0.25, 0.3) is 0 Å². The first kappa shape index (κ1) is 31.5. The molecule has 0 N–H and O–H groups in total. The molecule has 4 nitrogen and oxygen atoms in total. The van der Waals surface area contributed by atoms with E-state index in [9.17, 15) is 0 Å². The Morgan fingerprint density at radius 2 is 1.53 bits per heavy atom. The quantitative estimate of drug-likeness (QED) is 0.179. The Hall–Kier alpha value is -1.02. The van der Waals surface area contributed by atoms with Crippen LogP contribution in [0.3, 0.4) is 0 Å². The van der Waals surface area contributed by atoms with Gasteiger partial charge in [-0.15, -0.1) is 11.3 Å². The number of hydrogen-bond donors (Lipinski definition) is 0. The highest BCUT2D eigenvalue weighted by molar-refractivity contribution is 7.12. The van der Waals surface area contributed by atoms with Gasteiger partial charge < -0.3 is 18.9 Å². The lowest BCUT2D eigenvalue weighted by atomic mass is 9.90. The van der Waals surface area contributed by atoms with Gasteiger partial charge in [0.15, 0.2) is 6.17 Å². The molecular weight excluding hydrogens is 523 g/mol. The smallest absolute Gasteiger partial charge is 0.157 e. The normalized spacial score (nSPS) is 23.7. The molecule has 1 aliphatic heterocycles. The second-order valence-electron chi connectivity index (χ2n) is 10.1. The Balaban J connectivity index is 1.90. The van der Waals surface area contributed by atoms with Crippen LogP contribution in [0.1, 0.15) is 93.2 Å². The minimum absolute atomic E-state index is 0.197. The Morgan fingerprint density at radius 3 is 2.18 bits per heavy atom. The maximum Gasteiger partial charge on any atom is 0.157 e. The molecule has 0 spiro atoms. The van der Waals surface area contributed by atoms with Crippen LogP contribution in [0.25, 0.3) is 0 Å². The topological polar surface area (TPSA) is 36.9 Å². The lowest BCUT2D eigenvalue weighted by Crippen LogP contribution is -2.56. The minimum atomic E-state index is -1.33. The van der Waals surface area contributed by atoms with Gasteiger partial charge in [-0.3, -0.25) is 0 Å². The van der Waals surface area contributed by atoms with Crippen LogP contribution in [0, 0.1) is 0 Å². The summed E-state index contributed by atoms with van der Waals surface area (Å²) >= 11 is 8.47. The van der Waals surface area contributed by atoms with E-state index in [0.29, 0.717) is 19.8 Å². The van der Waals surface area contributed by atoms with Gasteiger partial charge in [-0.2, -0.15) is 0 Å². The van der Waals surface area contributed by atoms with E-state index in [-0.39, 0.29) is 6.61 Å². The maximum atomic E-state index is 15.9. The average Bonchev–Trinajstić information content (AvgIpc) is 3.38. The predicted octanol–water partition coefficient (Wildman–Crippen LogP) is 8.52. The van der Waals surface area contributed by atoms with Gasteiger partial charge in [0.05, 0.1) is 6.61 Å². The number of thiophene rings is 1. The summed E-state index contributed by atoms with van der Waals surface area (Å²) in [6, 6.07) is 10.4. The molecule has 5 unspecified atom stereocenters. The molecule has 1 aromatic heterocycles. The van der Waals surface area contributed by atoms with Crippen LogP contribution in [0.4, 0.5) is 4.39 Å². The second-order valence-corrected chi connectivity index (χ2v) is 11.8. The molecule has 0 amide bonds. The van der Waals surface area contributed by atoms with E-state index >= 15 is 4.39 Å². The van der Waals surface area contributed by atoms with Crippen LogP contribution in [0.5, 0.6) is 0 Å². The van der Waals surface area contributed by atoms with E-state index < -0.39 is 30.6 Å². The van der Waals surface area contributed by atoms with Crippen molar-refractivity contribution < 1.29 is 23.3 Å². The van der Waals surface area contributed by atoms with Crippen molar-refractivity contribution in [1.29, 1.82) is 0 Å². The van der Waals surface area contributed by atoms with Crippen molar-refractivity contribution in [1.82, 2.24) is 0 Å². The van der Waals surface area contributed by atoms with Gasteiger partial charge in [0.1, 0.15) is 24.4 Å². The van der Waals surface area contributed by atoms with E-state index in [2.05, 4.69) is 45.9 Å². The third kappa shape index (κ3) is 9.00. The SMILES string of the molecule is CCCCOCC1OC(c2ccc(Cl)c(Cc3ccc(CC)s3)c2)C(OCCCC)C(OCCCC)C1F. The van der Waals surface area contributed by atoms with Gasteiger partial charge >= 0.3 is 0 Å². The molecule has 2 aromatic rings. The molecule has 2 heterocycles. The number of aryl methyl sites for hydroxylation is 1. The summed E-state index contributed by atoms with van der Waals surface area (Å²) in [5.41, 5.74) is 1.97. The fraction of sp³-hybridized carbons (Fsp3) is 0.677. The Kier molecular flexibility index (Phi) is 14.0. The van der Waals surface area contributed by atoms with Gasteiger partial charge in [-0.05, 0) is 55.0 Å². The fourth-order valence-corrected chi connectivity index (χ4v) is 5.82. The molecule has 1 aromatic carbocycles. The zero-order valence-corrected chi connectivity index (χ0v) is 25.1. The van der Waals surface area contributed by atoms with E-state index in [1.165, 1.54) is 9.75 Å². The third-order valence-corrected chi connectivity index (χ3v) is 8.58. The summed E-state index contributed by atoms with van der Waals surface area (Å²) in [4.78, 5) is 2.63. The van der Waals surface area contributed by atoms with E-state index in [0.717, 1.165) is 67.5 Å². The molecule has 1 aliphatic rings. The summed E-state index contributed by atoms with van der Waals surface area (Å²) in [5, 5.41) is 0.720. The van der Waals surface area contributed by atoms with Crippen molar-refractivity contribution in [2.45, 2.75) is 110 Å². The number of unbranched alkanes of at least 4 members (excludes halogenated alkanes) is 3. The van der Waals surface area contributed by atoms with Crippen molar-refractivity contribution in [2.24, 2.45) is 0 Å². The molecular formula is C31H46ClFO4S. The standard InChI is InChI=1S/C31H46ClFO4S/c1-5-9-16-34-21-27-28(33)30(35-17-10-6-2)31(36-18-11-7-3)29(37-27)22-12-15-26(32)23(19-22)20-25-14-13-24(8-4)38-25/h12-15,19,27-31H,5-11,16-18,20-21H2,1-4H3. The number of ether oxygens (including phenoxy) is 4. The van der Waals surface area contributed by atoms with Crippen LogP contribution in [0.2, 0.25) is 5.02 Å². The molecule has 38 heavy (non-hydrogen) atoms. The minimum Gasteiger partial charge on any atom is -0.379 e. The van der Waals surface area contributed by atoms with Crippen LogP contribution in [-0.2, 0) is 31.8 Å². The van der Waals surface area contributed by atoms with Gasteiger partial charge in [-0.1, -0.05) is 70.7 Å². The Morgan fingerprint density at radius 1 is 0.868 bits per heavy atom. The molecule has 1 saturated heterocycles. The molecule has 0 bridgehead atoms. The summed E-state index contributed by atoms with van der Waals surface area (Å²) in [5.74, 6) is 0. The summed E-state index contributed by atoms with van der Waals surface area (Å²) in [6.07, 6.45) is 3.69. The highest BCUT2D eigenvalue weighted by Crippen LogP contribution is 2.39. The number of hydrogen-bond acceptors (Lipinski definition) is 5. The second kappa shape index (κ2) is 16.9. The van der Waals surface area contributed by atoms with E-state index in [1.54, 1.807) is 0 Å². The molecule has 3 rings (SSSR count). The first-order chi connectivity index (χ1) is 18.5. The summed E-state index contributed by atoms with van der Waals surface area (Å²) in [6.45, 7) is 10.3. The van der Waals surface area contributed by atoms with Crippen LogP contribution >= 0.6 is 22.9 Å². The first-order valence-corrected chi connectivity index (χ1v) is 15.7. The van der Waals surface area contributed by atoms with Gasteiger partial charge in [-0.25, -0.2) is 4.39 Å². The first-order valence-electron chi connectivity index (χ1n) is 14.5. The number of alkyl halides is 1. The zero-order chi connectivity index (χ0) is 27.3. The van der Waals surface area contributed by atoms with Crippen molar-refractivity contribution in [2.75, 3.05) is 26.4 Å². The predicted molar refractivity (Wildman–Crippen MR) is 155 cm³/mol. The molecule has 1 fully saturated rings. The van der Waals surface area contributed by atoms with Crippen LogP contribution < -0.4 is 0 Å². The van der Waals surface area contributed by atoms with Gasteiger partial charge in [0.2, 0.25) is 0 Å². The Labute approximate surface area is 238 Å². The molecule has 214 valence electrons. The highest BCUT2D eigenvalue weighted by Gasteiger charge is 2.48. The lowest BCUT2D eigenvalue weighted by Gasteiger charge is -2.44. The van der Waals surface area contributed by atoms with Crippen molar-refractivity contribution in [3.05, 3.63) is 56.2 Å². The van der Waals surface area contributed by atoms with Crippen LogP contribution in [0.15, 0.2) is 30.3 Å². The molecule has 5 atom stereocenters. The largest absolute Gasteiger partial charge is 0.379 e. The van der Waals surface area contributed by atoms with Crippen molar-refractivity contribution in [3.8, 4) is 0 Å². The number of halogens is 2. The lowest BCUT2D eigenvalue weighted by molar-refractivity contribution is -0.243. The molecule has 0 aliphatic carbocycles. The van der Waals surface area contributed by atoms with Crippen molar-refractivity contribution in [3.63, 3.8) is 0 Å². The summed E-state index contributed by atoms with van der Waals surface area (Å²) in [7, 11) is 0. The van der Waals surface area contributed by atoms with Crippen LogP contribution in [-0.4, -0.2) is 50.9 Å². The Bertz CT molecular complexity index is 938. The highest BCUT2D eigenvalue weighted by atomic mass is 35.5. The summed E-state index contributed by atoms with van der Waals surface area (Å²) < 4.78 is 40.8. The maximum absolute atomic E-state index is 15.9. The third-order valence-electron chi connectivity index (χ3n) is 6.98. The molecule has 0 radical (unpaired) electrons. The monoisotopic (exact) mass is 568 g/mol. The molecule has 7 heteroatoms. The number of benzene rings is 1. The molecule has 0 saturated carbocycles. The average molecular weight is 569 g/mol.